The van der Waals surface area contributed by atoms with Gasteiger partial charge in [0.05, 0.1) is 10.5 Å². The Hall–Kier alpha value is -2.98. The Morgan fingerprint density at radius 2 is 1.88 bits per heavy atom. The van der Waals surface area contributed by atoms with Gasteiger partial charge in [-0.05, 0) is 25.1 Å². The number of anilines is 1. The maximum Gasteiger partial charge on any atom is 0.418 e. The minimum absolute atomic E-state index is 0.0456. The largest absolute Gasteiger partial charge is 0.418 e. The molecule has 0 bridgehead atoms. The number of Topliss-reactive ketones (excluding diaryl/α,β-unsaturated/α-hetero) is 1. The van der Waals surface area contributed by atoms with Crippen molar-refractivity contribution < 1.29 is 22.9 Å². The molecule has 33 heavy (non-hydrogen) atoms. The van der Waals surface area contributed by atoms with Crippen molar-refractivity contribution >= 4 is 38.6 Å². The predicted octanol–water partition coefficient (Wildman–Crippen LogP) is 5.61. The molecule has 2 heterocycles. The molecule has 0 radical (unpaired) electrons. The second kappa shape index (κ2) is 9.48. The van der Waals surface area contributed by atoms with Gasteiger partial charge in [0.25, 0.3) is 5.69 Å². The average Bonchev–Trinajstić information content (AvgIpc) is 3.07. The van der Waals surface area contributed by atoms with Gasteiger partial charge in [-0.15, -0.1) is 11.3 Å². The average molecular weight is 478 g/mol. The van der Waals surface area contributed by atoms with Crippen LogP contribution in [-0.4, -0.2) is 48.3 Å². The fourth-order valence-corrected chi connectivity index (χ4v) is 5.13. The molecule has 0 aliphatic carbocycles. The van der Waals surface area contributed by atoms with Gasteiger partial charge in [-0.1, -0.05) is 18.2 Å². The van der Waals surface area contributed by atoms with Crippen LogP contribution in [0.2, 0.25) is 0 Å². The summed E-state index contributed by atoms with van der Waals surface area (Å²) < 4.78 is 41.8. The molecule has 1 aliphatic rings. The van der Waals surface area contributed by atoms with Crippen LogP contribution in [0.1, 0.15) is 28.8 Å². The molecule has 0 saturated carbocycles. The standard InChI is InChI=1S/C23H22F3N3O3S/c24-23(25,26)19-14-16(29(31)32)6-7-20(19)28-10-3-9-27(12-13-28)11-8-21(30)18-15-33-22-5-2-1-4-17(18)22/h1-2,4-7,14-15H,3,8-13H2. The number of carbonyl (C=O) groups excluding carboxylic acids is 1. The maximum absolute atomic E-state index is 13.6. The molecule has 3 aromatic rings. The van der Waals surface area contributed by atoms with Crippen molar-refractivity contribution in [1.82, 2.24) is 4.90 Å². The molecule has 0 N–H and O–H groups in total. The lowest BCUT2D eigenvalue weighted by molar-refractivity contribution is -0.385. The highest BCUT2D eigenvalue weighted by atomic mass is 32.1. The first-order chi connectivity index (χ1) is 15.7. The number of nitro benzene ring substituents is 1. The van der Waals surface area contributed by atoms with Gasteiger partial charge in [0.2, 0.25) is 0 Å². The van der Waals surface area contributed by atoms with Crippen molar-refractivity contribution in [2.75, 3.05) is 37.6 Å². The third-order valence-electron chi connectivity index (χ3n) is 5.86. The van der Waals surface area contributed by atoms with Crippen LogP contribution in [-0.2, 0) is 6.18 Å². The fraction of sp³-hybridized carbons (Fsp3) is 0.348. The molecule has 0 unspecified atom stereocenters. The third kappa shape index (κ3) is 5.17. The zero-order valence-electron chi connectivity index (χ0n) is 17.7. The molecule has 1 fully saturated rings. The second-order valence-electron chi connectivity index (χ2n) is 7.96. The summed E-state index contributed by atoms with van der Waals surface area (Å²) in [5.74, 6) is 0.0586. The lowest BCUT2D eigenvalue weighted by atomic mass is 10.1. The van der Waals surface area contributed by atoms with Gasteiger partial charge in [-0.25, -0.2) is 0 Å². The smallest absolute Gasteiger partial charge is 0.370 e. The number of alkyl halides is 3. The van der Waals surface area contributed by atoms with Crippen molar-refractivity contribution in [1.29, 1.82) is 0 Å². The molecular weight excluding hydrogens is 455 g/mol. The van der Waals surface area contributed by atoms with E-state index in [0.717, 1.165) is 16.2 Å². The Morgan fingerprint density at radius 1 is 1.09 bits per heavy atom. The maximum atomic E-state index is 13.6. The third-order valence-corrected chi connectivity index (χ3v) is 6.83. The van der Waals surface area contributed by atoms with Gasteiger partial charge in [-0.2, -0.15) is 13.2 Å². The molecular formula is C23H22F3N3O3S. The van der Waals surface area contributed by atoms with Gasteiger partial charge >= 0.3 is 6.18 Å². The number of thiophene rings is 1. The number of fused-ring (bicyclic) bond motifs is 1. The van der Waals surface area contributed by atoms with Crippen molar-refractivity contribution in [2.24, 2.45) is 0 Å². The van der Waals surface area contributed by atoms with E-state index >= 15 is 0 Å². The number of nitro groups is 1. The summed E-state index contributed by atoms with van der Waals surface area (Å²) >= 11 is 1.54. The van der Waals surface area contributed by atoms with E-state index < -0.39 is 22.4 Å². The summed E-state index contributed by atoms with van der Waals surface area (Å²) in [7, 11) is 0. The van der Waals surface area contributed by atoms with Crippen LogP contribution in [0.4, 0.5) is 24.5 Å². The van der Waals surface area contributed by atoms with Crippen LogP contribution in [0, 0.1) is 10.1 Å². The SMILES string of the molecule is O=C(CCN1CCCN(c2ccc([N+](=O)[O-])cc2C(F)(F)F)CC1)c1csc2ccccc12. The topological polar surface area (TPSA) is 66.7 Å². The van der Waals surface area contributed by atoms with E-state index in [0.29, 0.717) is 57.2 Å². The van der Waals surface area contributed by atoms with E-state index in [1.807, 2.05) is 29.6 Å². The first-order valence-electron chi connectivity index (χ1n) is 10.6. The predicted molar refractivity (Wildman–Crippen MR) is 122 cm³/mol. The Kier molecular flexibility index (Phi) is 6.66. The lowest BCUT2D eigenvalue weighted by Crippen LogP contribution is -2.33. The zero-order chi connectivity index (χ0) is 23.6. The number of nitrogens with zero attached hydrogens (tertiary/aromatic N) is 3. The van der Waals surface area contributed by atoms with Crippen LogP contribution in [0.5, 0.6) is 0 Å². The number of rotatable bonds is 6. The number of hydrogen-bond acceptors (Lipinski definition) is 6. The summed E-state index contributed by atoms with van der Waals surface area (Å²) in [6.45, 7) is 2.45. The molecule has 0 spiro atoms. The van der Waals surface area contributed by atoms with Gasteiger partial charge in [-0.3, -0.25) is 14.9 Å². The van der Waals surface area contributed by atoms with Crippen LogP contribution >= 0.6 is 11.3 Å². The van der Waals surface area contributed by atoms with E-state index in [9.17, 15) is 28.1 Å². The minimum atomic E-state index is -4.69. The first kappa shape index (κ1) is 23.2. The molecule has 0 amide bonds. The van der Waals surface area contributed by atoms with Gasteiger partial charge in [0.1, 0.15) is 0 Å². The summed E-state index contributed by atoms with van der Waals surface area (Å²) in [6.07, 6.45) is -3.72. The van der Waals surface area contributed by atoms with Crippen LogP contribution < -0.4 is 4.90 Å². The Balaban J connectivity index is 1.42. The van der Waals surface area contributed by atoms with Crippen molar-refractivity contribution in [3.8, 4) is 0 Å². The number of halogens is 3. The van der Waals surface area contributed by atoms with E-state index in [1.54, 1.807) is 4.90 Å². The van der Waals surface area contributed by atoms with Crippen LogP contribution in [0.25, 0.3) is 10.1 Å². The molecule has 6 nitrogen and oxygen atoms in total. The number of non-ortho nitro benzene ring substituents is 1. The summed E-state index contributed by atoms with van der Waals surface area (Å²) in [5, 5.41) is 13.8. The summed E-state index contributed by atoms with van der Waals surface area (Å²) in [6, 6.07) is 10.6. The lowest BCUT2D eigenvalue weighted by Gasteiger charge is -2.26. The highest BCUT2D eigenvalue weighted by Crippen LogP contribution is 2.39. The van der Waals surface area contributed by atoms with E-state index in [2.05, 4.69) is 4.90 Å². The molecule has 4 rings (SSSR count). The number of ketones is 1. The second-order valence-corrected chi connectivity index (χ2v) is 8.87. The van der Waals surface area contributed by atoms with Crippen molar-refractivity contribution in [3.05, 3.63) is 69.1 Å². The van der Waals surface area contributed by atoms with Crippen molar-refractivity contribution in [2.45, 2.75) is 19.0 Å². The highest BCUT2D eigenvalue weighted by molar-refractivity contribution is 7.17. The first-order valence-corrected chi connectivity index (χ1v) is 11.4. The monoisotopic (exact) mass is 477 g/mol. The normalized spacial score (nSPS) is 15.5. The molecule has 0 atom stereocenters. The minimum Gasteiger partial charge on any atom is -0.370 e. The van der Waals surface area contributed by atoms with Gasteiger partial charge in [0.15, 0.2) is 5.78 Å². The Labute approximate surface area is 192 Å². The molecule has 174 valence electrons. The molecule has 1 aromatic heterocycles. The Bertz CT molecular complexity index is 1180. The summed E-state index contributed by atoms with van der Waals surface area (Å²) in [5.41, 5.74) is -0.907. The quantitative estimate of drug-likeness (QED) is 0.262. The van der Waals surface area contributed by atoms with Gasteiger partial charge in [0, 0.05) is 71.4 Å². The van der Waals surface area contributed by atoms with E-state index in [1.165, 1.54) is 17.4 Å². The number of benzene rings is 2. The molecule has 2 aromatic carbocycles. The highest BCUT2D eigenvalue weighted by Gasteiger charge is 2.37. The molecule has 1 saturated heterocycles. The van der Waals surface area contributed by atoms with E-state index in [-0.39, 0.29) is 11.5 Å². The van der Waals surface area contributed by atoms with Gasteiger partial charge < -0.3 is 9.80 Å². The van der Waals surface area contributed by atoms with Crippen LogP contribution in [0.15, 0.2) is 47.8 Å². The number of carbonyl (C=O) groups is 1. The van der Waals surface area contributed by atoms with E-state index in [4.69, 9.17) is 0 Å². The molecule has 10 heteroatoms. The number of hydrogen-bond donors (Lipinski definition) is 0. The van der Waals surface area contributed by atoms with Crippen molar-refractivity contribution in [3.63, 3.8) is 0 Å². The zero-order valence-corrected chi connectivity index (χ0v) is 18.5. The fourth-order valence-electron chi connectivity index (χ4n) is 4.16. The molecule has 1 aliphatic heterocycles. The summed E-state index contributed by atoms with van der Waals surface area (Å²) in [4.78, 5) is 26.6. The van der Waals surface area contributed by atoms with Crippen LogP contribution in [0.3, 0.4) is 0 Å². The Morgan fingerprint density at radius 3 is 2.64 bits per heavy atom.